The lowest BCUT2D eigenvalue weighted by Crippen LogP contribution is -2.50. The molecule has 0 bridgehead atoms. The average molecular weight is 523 g/mol. The molecule has 0 radical (unpaired) electrons. The number of likely N-dealkylation sites (tertiary alicyclic amines) is 1. The molecule has 196 valence electrons. The molecule has 0 aromatic heterocycles. The quantitative estimate of drug-likeness (QED) is 0.500. The summed E-state index contributed by atoms with van der Waals surface area (Å²) >= 11 is 0.916. The molecule has 5 rings (SSSR count). The minimum Gasteiger partial charge on any atom is -0.507 e. The highest BCUT2D eigenvalue weighted by Crippen LogP contribution is 2.43. The van der Waals surface area contributed by atoms with Gasteiger partial charge >= 0.3 is 0 Å². The lowest BCUT2D eigenvalue weighted by atomic mass is 9.87. The Balaban J connectivity index is 1.21. The second kappa shape index (κ2) is 10.1. The highest BCUT2D eigenvalue weighted by molar-refractivity contribution is 8.18. The zero-order valence-electron chi connectivity index (χ0n) is 21.8. The monoisotopic (exact) mass is 522 g/mol. The van der Waals surface area contributed by atoms with Crippen LogP contribution in [0.25, 0.3) is 6.08 Å². The van der Waals surface area contributed by atoms with Gasteiger partial charge in [-0.3, -0.25) is 19.8 Å². The van der Waals surface area contributed by atoms with Crippen molar-refractivity contribution >= 4 is 29.0 Å². The molecule has 2 saturated heterocycles. The van der Waals surface area contributed by atoms with Gasteiger partial charge in [-0.2, -0.15) is 0 Å². The maximum atomic E-state index is 11.8. The van der Waals surface area contributed by atoms with Gasteiger partial charge in [0.15, 0.2) is 0 Å². The predicted octanol–water partition coefficient (Wildman–Crippen LogP) is 5.27. The van der Waals surface area contributed by atoms with E-state index in [0.29, 0.717) is 23.3 Å². The Morgan fingerprint density at radius 2 is 1.95 bits per heavy atom. The van der Waals surface area contributed by atoms with E-state index < -0.39 is 0 Å². The Labute approximate surface area is 222 Å². The van der Waals surface area contributed by atoms with E-state index in [-0.39, 0.29) is 16.7 Å². The first-order chi connectivity index (χ1) is 17.6. The number of nitrogens with one attached hydrogen (secondary N) is 1. The van der Waals surface area contributed by atoms with Crippen molar-refractivity contribution in [1.82, 2.24) is 10.2 Å². The van der Waals surface area contributed by atoms with Crippen molar-refractivity contribution in [2.24, 2.45) is 0 Å². The largest absolute Gasteiger partial charge is 0.507 e. The molecule has 37 heavy (non-hydrogen) atoms. The number of hydrogen-bond acceptors (Lipinski definition) is 7. The summed E-state index contributed by atoms with van der Waals surface area (Å²) in [6.45, 7) is 10.6. The van der Waals surface area contributed by atoms with Crippen LogP contribution in [0.4, 0.5) is 4.79 Å². The normalized spacial score (nSPS) is 24.8. The number of carbonyl (C=O) groups is 2. The highest BCUT2D eigenvalue weighted by atomic mass is 32.2. The van der Waals surface area contributed by atoms with Gasteiger partial charge < -0.3 is 14.6 Å². The second-order valence-corrected chi connectivity index (χ2v) is 11.6. The van der Waals surface area contributed by atoms with Gasteiger partial charge in [-0.05, 0) is 112 Å². The Kier molecular flexibility index (Phi) is 6.98. The summed E-state index contributed by atoms with van der Waals surface area (Å²) in [6.07, 6.45) is 5.74. The van der Waals surface area contributed by atoms with Gasteiger partial charge in [-0.1, -0.05) is 12.1 Å². The number of phenols is 1. The van der Waals surface area contributed by atoms with E-state index in [2.05, 4.69) is 17.1 Å². The number of benzene rings is 2. The van der Waals surface area contributed by atoms with Crippen LogP contribution in [0.5, 0.6) is 17.2 Å². The van der Waals surface area contributed by atoms with Crippen molar-refractivity contribution in [1.29, 1.82) is 0 Å². The number of hydrogen-bond donors (Lipinski definition) is 2. The van der Waals surface area contributed by atoms with Gasteiger partial charge in [-0.15, -0.1) is 0 Å². The van der Waals surface area contributed by atoms with E-state index in [0.717, 1.165) is 89.9 Å². The lowest BCUT2D eigenvalue weighted by Gasteiger charge is -2.41. The van der Waals surface area contributed by atoms with Crippen LogP contribution >= 0.6 is 11.8 Å². The number of aromatic hydroxyl groups is 1. The van der Waals surface area contributed by atoms with Crippen LogP contribution in [0.1, 0.15) is 54.0 Å². The molecular weight excluding hydrogens is 488 g/mol. The first-order valence-corrected chi connectivity index (χ1v) is 13.7. The van der Waals surface area contributed by atoms with Gasteiger partial charge in [0.25, 0.3) is 11.1 Å². The Hall–Kier alpha value is -2.97. The topological polar surface area (TPSA) is 88.1 Å². The minimum atomic E-state index is -0.352. The zero-order valence-corrected chi connectivity index (χ0v) is 22.7. The molecule has 7 nitrogen and oxygen atoms in total. The number of rotatable bonds is 6. The maximum Gasteiger partial charge on any atom is 0.290 e. The third kappa shape index (κ3) is 5.22. The van der Waals surface area contributed by atoms with Crippen molar-refractivity contribution in [2.75, 3.05) is 19.7 Å². The van der Waals surface area contributed by atoms with Crippen LogP contribution in [0.2, 0.25) is 0 Å². The maximum absolute atomic E-state index is 11.8. The molecule has 0 saturated carbocycles. The van der Waals surface area contributed by atoms with Crippen molar-refractivity contribution in [3.05, 3.63) is 57.0 Å². The average Bonchev–Trinajstić information content (AvgIpc) is 3.44. The number of carbonyl (C=O) groups excluding carboxylic acids is 2. The van der Waals surface area contributed by atoms with Crippen LogP contribution in [-0.4, -0.2) is 52.5 Å². The highest BCUT2D eigenvalue weighted by Gasteiger charge is 2.39. The standard InChI is InChI=1S/C29H34N2O5S/c1-17-18(2)26-23(19(3)25(17)32)11-12-29(4,36-26)16-31-13-5-6-21(31)15-35-22-9-7-20(8-10-22)14-24-27(33)30-28(34)37-24/h7-10,14,21,32H,5-6,11-13,15-16H2,1-4H3,(H,30,33,34)/t21-,29-/m0/s1. The molecule has 0 unspecified atom stereocenters. The van der Waals surface area contributed by atoms with Crippen LogP contribution in [0, 0.1) is 20.8 Å². The van der Waals surface area contributed by atoms with E-state index in [1.165, 1.54) is 0 Å². The molecule has 8 heteroatoms. The Bertz CT molecular complexity index is 1270. The third-order valence-corrected chi connectivity index (χ3v) is 8.70. The third-order valence-electron chi connectivity index (χ3n) is 7.89. The molecule has 3 heterocycles. The van der Waals surface area contributed by atoms with E-state index in [4.69, 9.17) is 9.47 Å². The molecule has 3 aliphatic rings. The molecule has 2 fully saturated rings. The van der Waals surface area contributed by atoms with Gasteiger partial charge in [0.1, 0.15) is 29.5 Å². The van der Waals surface area contributed by atoms with E-state index in [9.17, 15) is 14.7 Å². The van der Waals surface area contributed by atoms with E-state index in [1.54, 1.807) is 6.08 Å². The fourth-order valence-corrected chi connectivity index (χ4v) is 6.24. The van der Waals surface area contributed by atoms with Crippen LogP contribution in [0.3, 0.4) is 0 Å². The SMILES string of the molecule is Cc1c(C)c2c(c(C)c1O)CC[C@@](C)(CN1CCC[C@H]1COc1ccc(C=C3SC(=O)NC3=O)cc1)O2. The number of amides is 2. The van der Waals surface area contributed by atoms with Crippen molar-refractivity contribution in [3.8, 4) is 17.2 Å². The van der Waals surface area contributed by atoms with Crippen molar-refractivity contribution in [3.63, 3.8) is 0 Å². The molecule has 2 aromatic carbocycles. The first-order valence-electron chi connectivity index (χ1n) is 12.9. The molecule has 2 N–H and O–H groups in total. The smallest absolute Gasteiger partial charge is 0.290 e. The number of phenolic OH excluding ortho intramolecular Hbond substituents is 1. The zero-order chi connectivity index (χ0) is 26.3. The molecule has 3 aliphatic heterocycles. The Morgan fingerprint density at radius 3 is 2.65 bits per heavy atom. The van der Waals surface area contributed by atoms with Crippen LogP contribution in [-0.2, 0) is 11.2 Å². The lowest BCUT2D eigenvalue weighted by molar-refractivity contribution is -0.115. The molecule has 0 spiro atoms. The van der Waals surface area contributed by atoms with Gasteiger partial charge in [0, 0.05) is 18.2 Å². The van der Waals surface area contributed by atoms with Crippen molar-refractivity contribution in [2.45, 2.75) is 65.0 Å². The van der Waals surface area contributed by atoms with Gasteiger partial charge in [0.05, 0.1) is 4.91 Å². The van der Waals surface area contributed by atoms with Crippen LogP contribution in [0.15, 0.2) is 29.2 Å². The summed E-state index contributed by atoms with van der Waals surface area (Å²) < 4.78 is 12.8. The Morgan fingerprint density at radius 1 is 1.19 bits per heavy atom. The number of nitrogens with zero attached hydrogens (tertiary/aromatic N) is 1. The van der Waals surface area contributed by atoms with Gasteiger partial charge in [-0.25, -0.2) is 0 Å². The molecular formula is C29H34N2O5S. The fourth-order valence-electron chi connectivity index (χ4n) is 5.55. The molecule has 2 atom stereocenters. The summed E-state index contributed by atoms with van der Waals surface area (Å²) in [7, 11) is 0. The summed E-state index contributed by atoms with van der Waals surface area (Å²) in [5, 5.41) is 12.4. The first kappa shape index (κ1) is 25.7. The number of fused-ring (bicyclic) bond motifs is 1. The molecule has 0 aliphatic carbocycles. The van der Waals surface area contributed by atoms with Crippen LogP contribution < -0.4 is 14.8 Å². The van der Waals surface area contributed by atoms with Crippen molar-refractivity contribution < 1.29 is 24.2 Å². The predicted molar refractivity (Wildman–Crippen MR) is 145 cm³/mol. The van der Waals surface area contributed by atoms with E-state index >= 15 is 0 Å². The number of ether oxygens (including phenoxy) is 2. The number of thioether (sulfide) groups is 1. The van der Waals surface area contributed by atoms with Gasteiger partial charge in [0.2, 0.25) is 0 Å². The fraction of sp³-hybridized carbons (Fsp3) is 0.448. The minimum absolute atomic E-state index is 0.294. The summed E-state index contributed by atoms with van der Waals surface area (Å²) in [6, 6.07) is 7.90. The molecule has 2 amide bonds. The van der Waals surface area contributed by atoms with E-state index in [1.807, 2.05) is 45.0 Å². The summed E-state index contributed by atoms with van der Waals surface area (Å²) in [4.78, 5) is 26.0. The summed E-state index contributed by atoms with van der Waals surface area (Å²) in [5.74, 6) is 1.77. The number of imide groups is 1. The molecule has 2 aromatic rings. The second-order valence-electron chi connectivity index (χ2n) is 10.6. The summed E-state index contributed by atoms with van der Waals surface area (Å²) in [5.41, 5.74) is 4.55.